The molecule has 0 amide bonds. The number of nitrogens with one attached hydrogen (secondary N) is 1. The van der Waals surface area contributed by atoms with Gasteiger partial charge in [0.15, 0.2) is 0 Å². The third kappa shape index (κ3) is 3.53. The minimum Gasteiger partial charge on any atom is -0.496 e. The number of ether oxygens (including phenoxy) is 1. The minimum atomic E-state index is 0.458. The van der Waals surface area contributed by atoms with Crippen LogP contribution >= 0.6 is 15.9 Å². The van der Waals surface area contributed by atoms with Crippen LogP contribution in [0.5, 0.6) is 5.75 Å². The highest BCUT2D eigenvalue weighted by molar-refractivity contribution is 9.10. The van der Waals surface area contributed by atoms with Crippen molar-refractivity contribution in [1.29, 1.82) is 0 Å². The van der Waals surface area contributed by atoms with Crippen LogP contribution in [0.4, 0.5) is 5.69 Å². The molecular weight excluding hydrogens is 358 g/mol. The predicted molar refractivity (Wildman–Crippen MR) is 92.5 cm³/mol. The summed E-state index contributed by atoms with van der Waals surface area (Å²) in [4.78, 5) is 4.42. The van der Waals surface area contributed by atoms with Crippen LogP contribution in [0.25, 0.3) is 11.4 Å². The van der Waals surface area contributed by atoms with E-state index in [1.807, 2.05) is 49.4 Å². The summed E-state index contributed by atoms with van der Waals surface area (Å²) in [6, 6.07) is 13.7. The van der Waals surface area contributed by atoms with E-state index in [-0.39, 0.29) is 0 Å². The normalized spacial score (nSPS) is 10.6. The van der Waals surface area contributed by atoms with E-state index in [9.17, 15) is 0 Å². The molecule has 1 heterocycles. The topological polar surface area (TPSA) is 60.2 Å². The highest BCUT2D eigenvalue weighted by Gasteiger charge is 2.12. The summed E-state index contributed by atoms with van der Waals surface area (Å²) in [5, 5.41) is 7.34. The minimum absolute atomic E-state index is 0.458. The van der Waals surface area contributed by atoms with Crippen molar-refractivity contribution in [3.05, 3.63) is 58.4 Å². The first-order chi connectivity index (χ1) is 11.2. The number of methoxy groups -OCH3 is 1. The van der Waals surface area contributed by atoms with Gasteiger partial charge < -0.3 is 14.6 Å². The van der Waals surface area contributed by atoms with Gasteiger partial charge in [0.2, 0.25) is 11.7 Å². The zero-order valence-electron chi connectivity index (χ0n) is 12.8. The molecule has 0 atom stereocenters. The van der Waals surface area contributed by atoms with Gasteiger partial charge in [-0.1, -0.05) is 39.3 Å². The number of aryl methyl sites for hydroxylation is 1. The van der Waals surface area contributed by atoms with Gasteiger partial charge in [-0.05, 0) is 36.8 Å². The number of hydrogen-bond acceptors (Lipinski definition) is 5. The van der Waals surface area contributed by atoms with Gasteiger partial charge in [0, 0.05) is 10.2 Å². The Hall–Kier alpha value is -2.34. The van der Waals surface area contributed by atoms with Crippen LogP contribution in [-0.2, 0) is 6.54 Å². The Kier molecular flexibility index (Phi) is 4.62. The summed E-state index contributed by atoms with van der Waals surface area (Å²) in [5.41, 5.74) is 2.98. The molecule has 0 saturated heterocycles. The summed E-state index contributed by atoms with van der Waals surface area (Å²) in [5.74, 6) is 1.76. The lowest BCUT2D eigenvalue weighted by molar-refractivity contribution is 0.383. The van der Waals surface area contributed by atoms with E-state index in [2.05, 4.69) is 31.4 Å². The van der Waals surface area contributed by atoms with Crippen LogP contribution in [0.2, 0.25) is 0 Å². The number of halogens is 1. The fourth-order valence-corrected chi connectivity index (χ4v) is 2.58. The lowest BCUT2D eigenvalue weighted by atomic mass is 10.2. The average molecular weight is 374 g/mol. The Morgan fingerprint density at radius 2 is 2.04 bits per heavy atom. The molecule has 0 fully saturated rings. The molecule has 118 valence electrons. The molecule has 1 N–H and O–H groups in total. The lowest BCUT2D eigenvalue weighted by Gasteiger charge is -2.07. The monoisotopic (exact) mass is 373 g/mol. The molecule has 0 bridgehead atoms. The van der Waals surface area contributed by atoms with E-state index in [1.54, 1.807) is 7.11 Å². The number of para-hydroxylation sites is 1. The predicted octanol–water partition coefficient (Wildman–Crippen LogP) is 4.43. The first kappa shape index (κ1) is 15.6. The molecule has 23 heavy (non-hydrogen) atoms. The molecule has 0 aliphatic carbocycles. The van der Waals surface area contributed by atoms with Gasteiger partial charge in [-0.3, -0.25) is 0 Å². The second-order valence-electron chi connectivity index (χ2n) is 5.02. The molecule has 0 radical (unpaired) electrons. The number of aromatic nitrogens is 2. The summed E-state index contributed by atoms with van der Waals surface area (Å²) in [6.07, 6.45) is 0. The second kappa shape index (κ2) is 6.83. The van der Waals surface area contributed by atoms with E-state index >= 15 is 0 Å². The molecule has 5 nitrogen and oxygen atoms in total. The van der Waals surface area contributed by atoms with E-state index in [0.29, 0.717) is 18.3 Å². The van der Waals surface area contributed by atoms with Crippen molar-refractivity contribution in [1.82, 2.24) is 10.1 Å². The third-order valence-electron chi connectivity index (χ3n) is 3.45. The maximum atomic E-state index is 5.32. The second-order valence-corrected chi connectivity index (χ2v) is 5.94. The standard InChI is InChI=1S/C17H16BrN3O2/c1-11-7-8-12(18)9-14(11)19-10-16-20-17(21-23-16)13-5-3-4-6-15(13)22-2/h3-9,19H,10H2,1-2H3. The summed E-state index contributed by atoms with van der Waals surface area (Å²) in [7, 11) is 1.62. The Morgan fingerprint density at radius 1 is 1.22 bits per heavy atom. The SMILES string of the molecule is COc1ccccc1-c1noc(CNc2cc(Br)ccc2C)n1. The maximum Gasteiger partial charge on any atom is 0.246 e. The molecule has 6 heteroatoms. The van der Waals surface area contributed by atoms with Gasteiger partial charge in [0.25, 0.3) is 0 Å². The lowest BCUT2D eigenvalue weighted by Crippen LogP contribution is -2.01. The maximum absolute atomic E-state index is 5.32. The smallest absolute Gasteiger partial charge is 0.246 e. The third-order valence-corrected chi connectivity index (χ3v) is 3.94. The number of hydrogen-bond donors (Lipinski definition) is 1. The largest absolute Gasteiger partial charge is 0.496 e. The first-order valence-corrected chi connectivity index (χ1v) is 7.92. The molecule has 3 aromatic rings. The van der Waals surface area contributed by atoms with Crippen LogP contribution in [-0.4, -0.2) is 17.3 Å². The van der Waals surface area contributed by atoms with Crippen LogP contribution in [0, 0.1) is 6.92 Å². The van der Waals surface area contributed by atoms with Crippen molar-refractivity contribution in [2.45, 2.75) is 13.5 Å². The zero-order valence-corrected chi connectivity index (χ0v) is 14.4. The first-order valence-electron chi connectivity index (χ1n) is 7.13. The van der Waals surface area contributed by atoms with Crippen molar-refractivity contribution in [2.24, 2.45) is 0 Å². The molecule has 0 spiro atoms. The zero-order chi connectivity index (χ0) is 16.2. The molecule has 0 saturated carbocycles. The highest BCUT2D eigenvalue weighted by Crippen LogP contribution is 2.27. The molecular formula is C17H16BrN3O2. The van der Waals surface area contributed by atoms with E-state index in [4.69, 9.17) is 9.26 Å². The van der Waals surface area contributed by atoms with Crippen molar-refractivity contribution in [3.8, 4) is 17.1 Å². The highest BCUT2D eigenvalue weighted by atomic mass is 79.9. The fraction of sp³-hybridized carbons (Fsp3) is 0.176. The molecule has 0 aliphatic rings. The van der Waals surface area contributed by atoms with Gasteiger partial charge in [0.1, 0.15) is 5.75 Å². The van der Waals surface area contributed by atoms with Crippen molar-refractivity contribution in [3.63, 3.8) is 0 Å². The van der Waals surface area contributed by atoms with Crippen LogP contribution < -0.4 is 10.1 Å². The van der Waals surface area contributed by atoms with Crippen molar-refractivity contribution in [2.75, 3.05) is 12.4 Å². The fourth-order valence-electron chi connectivity index (χ4n) is 2.22. The molecule has 1 aromatic heterocycles. The summed E-state index contributed by atoms with van der Waals surface area (Å²) >= 11 is 3.47. The van der Waals surface area contributed by atoms with Gasteiger partial charge in [-0.15, -0.1) is 0 Å². The number of benzene rings is 2. The van der Waals surface area contributed by atoms with E-state index in [0.717, 1.165) is 27.0 Å². The van der Waals surface area contributed by atoms with E-state index < -0.39 is 0 Å². The average Bonchev–Trinajstić information content (AvgIpc) is 3.04. The van der Waals surface area contributed by atoms with Gasteiger partial charge in [-0.2, -0.15) is 4.98 Å². The molecule has 0 aliphatic heterocycles. The molecule has 3 rings (SSSR count). The van der Waals surface area contributed by atoms with Crippen molar-refractivity contribution < 1.29 is 9.26 Å². The Labute approximate surface area is 142 Å². The van der Waals surface area contributed by atoms with E-state index in [1.165, 1.54) is 0 Å². The quantitative estimate of drug-likeness (QED) is 0.716. The Bertz CT molecular complexity index is 817. The van der Waals surface area contributed by atoms with Gasteiger partial charge in [-0.25, -0.2) is 0 Å². The summed E-state index contributed by atoms with van der Waals surface area (Å²) in [6.45, 7) is 2.50. The Morgan fingerprint density at radius 3 is 2.87 bits per heavy atom. The number of nitrogens with zero attached hydrogens (tertiary/aromatic N) is 2. The molecule has 0 unspecified atom stereocenters. The van der Waals surface area contributed by atoms with Gasteiger partial charge in [0.05, 0.1) is 19.2 Å². The number of rotatable bonds is 5. The van der Waals surface area contributed by atoms with Crippen molar-refractivity contribution >= 4 is 21.6 Å². The Balaban J connectivity index is 1.76. The van der Waals surface area contributed by atoms with Crippen LogP contribution in [0.15, 0.2) is 51.5 Å². The van der Waals surface area contributed by atoms with Crippen LogP contribution in [0.1, 0.15) is 11.5 Å². The number of anilines is 1. The molecule has 2 aromatic carbocycles. The van der Waals surface area contributed by atoms with Crippen LogP contribution in [0.3, 0.4) is 0 Å². The van der Waals surface area contributed by atoms with Gasteiger partial charge >= 0.3 is 0 Å². The summed E-state index contributed by atoms with van der Waals surface area (Å²) < 4.78 is 11.7.